The van der Waals surface area contributed by atoms with E-state index in [1.165, 1.54) is 12.1 Å². The van der Waals surface area contributed by atoms with Crippen LogP contribution in [-0.4, -0.2) is 48.9 Å². The lowest BCUT2D eigenvalue weighted by Crippen LogP contribution is -2.27. The lowest BCUT2D eigenvalue weighted by Gasteiger charge is -2.21. The Balaban J connectivity index is 1.45. The summed E-state index contributed by atoms with van der Waals surface area (Å²) in [7, 11) is 0. The van der Waals surface area contributed by atoms with Crippen LogP contribution in [0.25, 0.3) is 0 Å². The number of carbonyl (C=O) groups is 3. The molecule has 2 heterocycles. The van der Waals surface area contributed by atoms with E-state index in [2.05, 4.69) is 5.32 Å². The number of ether oxygens (including phenoxy) is 1. The number of nitro benzene ring substituents is 1. The Morgan fingerprint density at radius 1 is 1.03 bits per heavy atom. The van der Waals surface area contributed by atoms with E-state index >= 15 is 0 Å². The number of hydrogen-bond donors (Lipinski definition) is 1. The smallest absolute Gasteiger partial charge is 0.341 e. The second-order valence-corrected chi connectivity index (χ2v) is 7.94. The lowest BCUT2D eigenvalue weighted by molar-refractivity contribution is -0.384. The molecule has 172 valence electrons. The van der Waals surface area contributed by atoms with Crippen LogP contribution in [0.1, 0.15) is 36.0 Å². The molecule has 2 aromatic carbocycles. The van der Waals surface area contributed by atoms with Crippen LogP contribution < -0.4 is 15.1 Å². The summed E-state index contributed by atoms with van der Waals surface area (Å²) >= 11 is 0. The van der Waals surface area contributed by atoms with Crippen molar-refractivity contribution in [2.75, 3.05) is 41.4 Å². The molecule has 0 aromatic heterocycles. The third-order valence-corrected chi connectivity index (χ3v) is 5.73. The fourth-order valence-corrected chi connectivity index (χ4v) is 4.15. The van der Waals surface area contributed by atoms with Gasteiger partial charge in [0.05, 0.1) is 27.5 Å². The molecule has 0 aliphatic carbocycles. The minimum absolute atomic E-state index is 0.0109. The molecule has 2 aliphatic rings. The largest absolute Gasteiger partial charge is 0.452 e. The summed E-state index contributed by atoms with van der Waals surface area (Å²) < 4.78 is 5.20. The predicted octanol–water partition coefficient (Wildman–Crippen LogP) is 3.12. The molecule has 0 spiro atoms. The zero-order valence-electron chi connectivity index (χ0n) is 18.0. The third kappa shape index (κ3) is 4.94. The van der Waals surface area contributed by atoms with Gasteiger partial charge in [-0.2, -0.15) is 0 Å². The van der Waals surface area contributed by atoms with Gasteiger partial charge in [-0.15, -0.1) is 0 Å². The number of para-hydroxylation sites is 2. The van der Waals surface area contributed by atoms with E-state index in [1.54, 1.807) is 35.2 Å². The number of benzene rings is 2. The predicted molar refractivity (Wildman–Crippen MR) is 121 cm³/mol. The summed E-state index contributed by atoms with van der Waals surface area (Å²) in [4.78, 5) is 51.6. The minimum Gasteiger partial charge on any atom is -0.452 e. The molecule has 2 aliphatic heterocycles. The van der Waals surface area contributed by atoms with Crippen molar-refractivity contribution in [3.8, 4) is 0 Å². The fourth-order valence-electron chi connectivity index (χ4n) is 4.15. The molecule has 10 heteroatoms. The first kappa shape index (κ1) is 22.3. The van der Waals surface area contributed by atoms with Gasteiger partial charge in [-0.3, -0.25) is 19.7 Å². The molecule has 0 bridgehead atoms. The molecule has 0 unspecified atom stereocenters. The second kappa shape index (κ2) is 9.68. The summed E-state index contributed by atoms with van der Waals surface area (Å²) in [5, 5.41) is 13.9. The molecule has 2 aromatic rings. The summed E-state index contributed by atoms with van der Waals surface area (Å²) in [6.07, 6.45) is 3.14. The van der Waals surface area contributed by atoms with Crippen LogP contribution in [0.15, 0.2) is 42.5 Å². The highest BCUT2D eigenvalue weighted by Crippen LogP contribution is 2.30. The van der Waals surface area contributed by atoms with Gasteiger partial charge in [-0.25, -0.2) is 4.79 Å². The van der Waals surface area contributed by atoms with Gasteiger partial charge in [0, 0.05) is 38.2 Å². The van der Waals surface area contributed by atoms with Gasteiger partial charge < -0.3 is 19.9 Å². The normalized spacial score (nSPS) is 15.6. The van der Waals surface area contributed by atoms with Crippen LogP contribution in [0, 0.1) is 10.1 Å². The minimum atomic E-state index is -0.807. The van der Waals surface area contributed by atoms with Crippen LogP contribution in [0.5, 0.6) is 0 Å². The number of amides is 2. The van der Waals surface area contributed by atoms with Crippen molar-refractivity contribution in [3.63, 3.8) is 0 Å². The molecule has 2 saturated heterocycles. The molecule has 2 amide bonds. The number of hydrogen-bond acceptors (Lipinski definition) is 7. The van der Waals surface area contributed by atoms with Gasteiger partial charge in [-0.1, -0.05) is 12.1 Å². The molecule has 0 radical (unpaired) electrons. The van der Waals surface area contributed by atoms with E-state index in [0.29, 0.717) is 30.0 Å². The average molecular weight is 452 g/mol. The van der Waals surface area contributed by atoms with Gasteiger partial charge in [-0.05, 0) is 37.5 Å². The van der Waals surface area contributed by atoms with Crippen molar-refractivity contribution in [1.82, 2.24) is 0 Å². The number of rotatable bonds is 7. The Bertz CT molecular complexity index is 1100. The molecule has 10 nitrogen and oxygen atoms in total. The van der Waals surface area contributed by atoms with Gasteiger partial charge in [0.25, 0.3) is 11.6 Å². The summed E-state index contributed by atoms with van der Waals surface area (Å²) in [5.41, 5.74) is 1.43. The van der Waals surface area contributed by atoms with Crippen LogP contribution in [0.2, 0.25) is 0 Å². The van der Waals surface area contributed by atoms with Gasteiger partial charge in [0.15, 0.2) is 6.61 Å². The van der Waals surface area contributed by atoms with E-state index in [1.807, 2.05) is 4.90 Å². The molecule has 1 N–H and O–H groups in total. The number of nitro groups is 1. The number of nitrogens with one attached hydrogen (secondary N) is 1. The number of non-ortho nitro benzene ring substituents is 1. The highest BCUT2D eigenvalue weighted by Gasteiger charge is 2.26. The monoisotopic (exact) mass is 452 g/mol. The standard InChI is InChI=1S/C23H24N4O6/c28-21(24-18-6-1-2-7-20(18)26-13-5-8-22(26)29)15-33-23(30)17-14-16(27(31)32)9-10-19(17)25-11-3-4-12-25/h1-2,6-7,9-10,14H,3-5,8,11-13,15H2,(H,24,28). The van der Waals surface area contributed by atoms with Crippen molar-refractivity contribution in [1.29, 1.82) is 0 Å². The summed E-state index contributed by atoms with van der Waals surface area (Å²) in [6.45, 7) is 1.49. The number of anilines is 3. The summed E-state index contributed by atoms with van der Waals surface area (Å²) in [5.74, 6) is -1.39. The van der Waals surface area contributed by atoms with Gasteiger partial charge in [0.2, 0.25) is 5.91 Å². The molecule has 0 atom stereocenters. The van der Waals surface area contributed by atoms with Crippen molar-refractivity contribution in [3.05, 3.63) is 58.1 Å². The molecule has 2 fully saturated rings. The molecule has 4 rings (SSSR count). The maximum Gasteiger partial charge on any atom is 0.341 e. The number of nitrogens with zero attached hydrogens (tertiary/aromatic N) is 3. The van der Waals surface area contributed by atoms with E-state index < -0.39 is 23.4 Å². The highest BCUT2D eigenvalue weighted by molar-refractivity contribution is 6.03. The number of carbonyl (C=O) groups excluding carboxylic acids is 3. The first-order chi connectivity index (χ1) is 15.9. The van der Waals surface area contributed by atoms with Crippen LogP contribution in [-0.2, 0) is 14.3 Å². The first-order valence-electron chi connectivity index (χ1n) is 10.8. The van der Waals surface area contributed by atoms with Crippen molar-refractivity contribution >= 4 is 40.5 Å². The van der Waals surface area contributed by atoms with Crippen molar-refractivity contribution in [2.45, 2.75) is 25.7 Å². The van der Waals surface area contributed by atoms with E-state index in [4.69, 9.17) is 4.74 Å². The zero-order chi connectivity index (χ0) is 23.4. The zero-order valence-corrected chi connectivity index (χ0v) is 18.0. The molecule has 33 heavy (non-hydrogen) atoms. The van der Waals surface area contributed by atoms with E-state index in [-0.39, 0.29) is 17.2 Å². The number of esters is 1. The average Bonchev–Trinajstić information content (AvgIpc) is 3.49. The first-order valence-corrected chi connectivity index (χ1v) is 10.8. The van der Waals surface area contributed by atoms with Crippen molar-refractivity contribution in [2.24, 2.45) is 0 Å². The van der Waals surface area contributed by atoms with Gasteiger partial charge >= 0.3 is 5.97 Å². The van der Waals surface area contributed by atoms with E-state index in [9.17, 15) is 24.5 Å². The molecular formula is C23H24N4O6. The maximum atomic E-state index is 12.8. The quantitative estimate of drug-likeness (QED) is 0.389. The lowest BCUT2D eigenvalue weighted by atomic mass is 10.1. The Labute approximate surface area is 190 Å². The van der Waals surface area contributed by atoms with Crippen molar-refractivity contribution < 1.29 is 24.0 Å². The maximum absolute atomic E-state index is 12.8. The molecule has 0 saturated carbocycles. The van der Waals surface area contributed by atoms with E-state index in [0.717, 1.165) is 32.4 Å². The van der Waals surface area contributed by atoms with Crippen LogP contribution in [0.4, 0.5) is 22.7 Å². The Morgan fingerprint density at radius 2 is 1.79 bits per heavy atom. The Hall–Kier alpha value is -3.95. The van der Waals surface area contributed by atoms with Crippen LogP contribution in [0.3, 0.4) is 0 Å². The molecular weight excluding hydrogens is 428 g/mol. The van der Waals surface area contributed by atoms with Crippen LogP contribution >= 0.6 is 0 Å². The fraction of sp³-hybridized carbons (Fsp3) is 0.348. The third-order valence-electron chi connectivity index (χ3n) is 5.73. The Morgan fingerprint density at radius 3 is 2.48 bits per heavy atom. The van der Waals surface area contributed by atoms with Gasteiger partial charge in [0.1, 0.15) is 0 Å². The summed E-state index contributed by atoms with van der Waals surface area (Å²) in [6, 6.07) is 11.0. The SMILES string of the molecule is O=C(COC(=O)c1cc([N+](=O)[O-])ccc1N1CCCC1)Nc1ccccc1N1CCCC1=O. The second-order valence-electron chi connectivity index (χ2n) is 7.94. The Kier molecular flexibility index (Phi) is 6.53. The highest BCUT2D eigenvalue weighted by atomic mass is 16.6. The topological polar surface area (TPSA) is 122 Å².